The number of anilines is 1. The number of ether oxygens (including phenoxy) is 2. The van der Waals surface area contributed by atoms with Crippen molar-refractivity contribution in [2.24, 2.45) is 0 Å². The maximum Gasteiger partial charge on any atom is 0.306 e. The number of hydrogen-bond acceptors (Lipinski definition) is 5. The first kappa shape index (κ1) is 23.1. The van der Waals surface area contributed by atoms with Gasteiger partial charge in [0.2, 0.25) is 5.91 Å². The number of thiocarbonyl (C=S) groups is 1. The minimum absolute atomic E-state index is 0.000325. The van der Waals surface area contributed by atoms with Crippen molar-refractivity contribution in [3.8, 4) is 5.75 Å². The second-order valence-corrected chi connectivity index (χ2v) is 7.14. The van der Waals surface area contributed by atoms with Gasteiger partial charge in [-0.15, -0.1) is 0 Å². The molecule has 2 N–H and O–H groups in total. The fourth-order valence-corrected chi connectivity index (χ4v) is 2.64. The predicted molar refractivity (Wildman–Crippen MR) is 121 cm³/mol. The van der Waals surface area contributed by atoms with Gasteiger partial charge in [-0.2, -0.15) is 0 Å². The lowest BCUT2D eigenvalue weighted by Crippen LogP contribution is -2.34. The van der Waals surface area contributed by atoms with E-state index in [-0.39, 0.29) is 30.5 Å². The standard InChI is InChI=1S/C23H26N2O4S/c1-17(2)16-29-20-10-8-19(9-11-20)24-23(30)25-21(26)12-13-22(27)28-15-14-18-6-4-3-5-7-18/h3-11H,1,12-16H2,2H3,(H2,24,25,26,30). The van der Waals surface area contributed by atoms with Crippen molar-refractivity contribution in [1.29, 1.82) is 0 Å². The molecule has 0 fully saturated rings. The van der Waals surface area contributed by atoms with Crippen LogP contribution in [-0.2, 0) is 20.7 Å². The lowest BCUT2D eigenvalue weighted by atomic mass is 10.2. The third-order valence-corrected chi connectivity index (χ3v) is 4.11. The minimum Gasteiger partial charge on any atom is -0.489 e. The van der Waals surface area contributed by atoms with E-state index in [0.717, 1.165) is 11.1 Å². The number of hydrogen-bond donors (Lipinski definition) is 2. The summed E-state index contributed by atoms with van der Waals surface area (Å²) < 4.78 is 10.7. The Balaban J connectivity index is 1.63. The van der Waals surface area contributed by atoms with E-state index in [2.05, 4.69) is 17.2 Å². The first-order valence-corrected chi connectivity index (χ1v) is 10.0. The van der Waals surface area contributed by atoms with Crippen LogP contribution in [0.4, 0.5) is 5.69 Å². The predicted octanol–water partition coefficient (Wildman–Crippen LogP) is 4.02. The molecule has 0 aliphatic heterocycles. The molecule has 30 heavy (non-hydrogen) atoms. The summed E-state index contributed by atoms with van der Waals surface area (Å²) in [6.07, 6.45) is 0.640. The molecule has 2 rings (SSSR count). The Bertz CT molecular complexity index is 867. The van der Waals surface area contributed by atoms with Crippen LogP contribution in [0.5, 0.6) is 5.75 Å². The topological polar surface area (TPSA) is 76.7 Å². The number of rotatable bonds is 10. The van der Waals surface area contributed by atoms with E-state index in [1.807, 2.05) is 37.3 Å². The van der Waals surface area contributed by atoms with Crippen molar-refractivity contribution >= 4 is 34.9 Å². The van der Waals surface area contributed by atoms with Gasteiger partial charge in [-0.05, 0) is 54.5 Å². The van der Waals surface area contributed by atoms with E-state index in [1.165, 1.54) is 0 Å². The molecule has 0 spiro atoms. The van der Waals surface area contributed by atoms with Gasteiger partial charge in [-0.3, -0.25) is 9.59 Å². The SMILES string of the molecule is C=C(C)COc1ccc(NC(=S)NC(=O)CCC(=O)OCCc2ccccc2)cc1. The minimum atomic E-state index is -0.412. The second kappa shape index (κ2) is 12.4. The van der Waals surface area contributed by atoms with Crippen molar-refractivity contribution in [3.63, 3.8) is 0 Å². The van der Waals surface area contributed by atoms with Crippen LogP contribution >= 0.6 is 12.2 Å². The van der Waals surface area contributed by atoms with E-state index in [4.69, 9.17) is 21.7 Å². The number of nitrogens with one attached hydrogen (secondary N) is 2. The third-order valence-electron chi connectivity index (χ3n) is 3.90. The summed E-state index contributed by atoms with van der Waals surface area (Å²) in [5, 5.41) is 5.63. The highest BCUT2D eigenvalue weighted by atomic mass is 32.1. The number of esters is 1. The quantitative estimate of drug-likeness (QED) is 0.339. The van der Waals surface area contributed by atoms with Crippen molar-refractivity contribution in [3.05, 3.63) is 72.3 Å². The van der Waals surface area contributed by atoms with Crippen LogP contribution in [0.3, 0.4) is 0 Å². The summed E-state index contributed by atoms with van der Waals surface area (Å²) in [6.45, 7) is 6.42. The zero-order valence-electron chi connectivity index (χ0n) is 17.0. The molecular weight excluding hydrogens is 400 g/mol. The first-order chi connectivity index (χ1) is 14.4. The highest BCUT2D eigenvalue weighted by molar-refractivity contribution is 7.80. The van der Waals surface area contributed by atoms with Crippen molar-refractivity contribution in [1.82, 2.24) is 5.32 Å². The largest absolute Gasteiger partial charge is 0.489 e. The molecule has 2 aromatic rings. The highest BCUT2D eigenvalue weighted by Gasteiger charge is 2.10. The van der Waals surface area contributed by atoms with Gasteiger partial charge in [-0.25, -0.2) is 0 Å². The smallest absolute Gasteiger partial charge is 0.306 e. The van der Waals surface area contributed by atoms with Crippen molar-refractivity contribution in [2.75, 3.05) is 18.5 Å². The normalized spacial score (nSPS) is 10.0. The Morgan fingerprint density at radius 3 is 2.40 bits per heavy atom. The van der Waals surface area contributed by atoms with E-state index in [1.54, 1.807) is 24.3 Å². The van der Waals surface area contributed by atoms with Gasteiger partial charge in [0.25, 0.3) is 0 Å². The molecular formula is C23H26N2O4S. The molecule has 0 aliphatic carbocycles. The average molecular weight is 427 g/mol. The number of carbonyl (C=O) groups is 2. The number of carbonyl (C=O) groups excluding carboxylic acids is 2. The maximum atomic E-state index is 12.0. The Labute approximate surface area is 182 Å². The molecule has 0 saturated carbocycles. The summed E-state index contributed by atoms with van der Waals surface area (Å²) in [5.74, 6) is -0.0523. The fraction of sp³-hybridized carbons (Fsp3) is 0.261. The zero-order valence-corrected chi connectivity index (χ0v) is 17.8. The second-order valence-electron chi connectivity index (χ2n) is 6.73. The molecule has 0 bridgehead atoms. The lowest BCUT2D eigenvalue weighted by Gasteiger charge is -2.11. The molecule has 0 heterocycles. The van der Waals surface area contributed by atoms with Gasteiger partial charge in [-0.1, -0.05) is 36.9 Å². The fourth-order valence-electron chi connectivity index (χ4n) is 2.41. The van der Waals surface area contributed by atoms with E-state index < -0.39 is 5.97 Å². The van der Waals surface area contributed by atoms with E-state index >= 15 is 0 Å². The highest BCUT2D eigenvalue weighted by Crippen LogP contribution is 2.16. The van der Waals surface area contributed by atoms with Crippen molar-refractivity contribution < 1.29 is 19.1 Å². The zero-order chi connectivity index (χ0) is 21.8. The average Bonchev–Trinajstić information content (AvgIpc) is 2.72. The molecule has 0 aromatic heterocycles. The number of benzene rings is 2. The molecule has 158 valence electrons. The van der Waals surface area contributed by atoms with Crippen LogP contribution in [0.25, 0.3) is 0 Å². The van der Waals surface area contributed by atoms with Gasteiger partial charge in [0.15, 0.2) is 5.11 Å². The molecule has 6 nitrogen and oxygen atoms in total. The van der Waals surface area contributed by atoms with E-state index in [0.29, 0.717) is 24.5 Å². The van der Waals surface area contributed by atoms with Gasteiger partial charge in [0.1, 0.15) is 12.4 Å². The summed E-state index contributed by atoms with van der Waals surface area (Å²) in [5.41, 5.74) is 2.74. The molecule has 0 unspecified atom stereocenters. The van der Waals surface area contributed by atoms with E-state index in [9.17, 15) is 9.59 Å². The number of amides is 1. The summed E-state index contributed by atoms with van der Waals surface area (Å²) in [4.78, 5) is 23.7. The summed E-state index contributed by atoms with van der Waals surface area (Å²) in [6, 6.07) is 16.9. The Morgan fingerprint density at radius 2 is 1.73 bits per heavy atom. The van der Waals surface area contributed by atoms with Gasteiger partial charge in [0.05, 0.1) is 13.0 Å². The molecule has 0 saturated heterocycles. The monoisotopic (exact) mass is 426 g/mol. The summed E-state index contributed by atoms with van der Waals surface area (Å²) in [7, 11) is 0. The Morgan fingerprint density at radius 1 is 1.03 bits per heavy atom. The molecule has 1 amide bonds. The molecule has 0 atom stereocenters. The van der Waals surface area contributed by atoms with Crippen LogP contribution in [0.2, 0.25) is 0 Å². The first-order valence-electron chi connectivity index (χ1n) is 9.60. The van der Waals surface area contributed by atoms with Crippen LogP contribution in [0.1, 0.15) is 25.3 Å². The Kier molecular flexibility index (Phi) is 9.54. The summed E-state index contributed by atoms with van der Waals surface area (Å²) >= 11 is 5.13. The van der Waals surface area contributed by atoms with Gasteiger partial charge >= 0.3 is 5.97 Å². The maximum absolute atomic E-state index is 12.0. The molecule has 0 radical (unpaired) electrons. The molecule has 0 aliphatic rings. The Hall–Kier alpha value is -3.19. The third kappa shape index (κ3) is 9.34. The molecule has 7 heteroatoms. The van der Waals surface area contributed by atoms with Crippen LogP contribution in [0, 0.1) is 0 Å². The van der Waals surface area contributed by atoms with Crippen LogP contribution in [-0.4, -0.2) is 30.2 Å². The van der Waals surface area contributed by atoms with Crippen LogP contribution < -0.4 is 15.4 Å². The van der Waals surface area contributed by atoms with Crippen LogP contribution in [0.15, 0.2) is 66.7 Å². The van der Waals surface area contributed by atoms with Crippen molar-refractivity contribution in [2.45, 2.75) is 26.2 Å². The van der Waals surface area contributed by atoms with Gasteiger partial charge in [0, 0.05) is 18.5 Å². The van der Waals surface area contributed by atoms with Gasteiger partial charge < -0.3 is 20.1 Å². The lowest BCUT2D eigenvalue weighted by molar-refractivity contribution is -0.144. The molecule has 2 aromatic carbocycles.